The number of fused-ring (bicyclic) bond motifs is 1. The smallest absolute Gasteiger partial charge is 0.144 e. The van der Waals surface area contributed by atoms with Gasteiger partial charge in [0.15, 0.2) is 0 Å². The molecule has 0 aliphatic heterocycles. The van der Waals surface area contributed by atoms with E-state index < -0.39 is 0 Å². The van der Waals surface area contributed by atoms with Crippen molar-refractivity contribution in [1.82, 2.24) is 4.98 Å². The summed E-state index contributed by atoms with van der Waals surface area (Å²) in [6.45, 7) is 2.22. The van der Waals surface area contributed by atoms with Crippen molar-refractivity contribution in [3.8, 4) is 6.07 Å². The molecule has 0 bridgehead atoms. The summed E-state index contributed by atoms with van der Waals surface area (Å²) in [5, 5.41) is 12.7. The molecule has 18 heavy (non-hydrogen) atoms. The third-order valence-corrected chi connectivity index (χ3v) is 4.19. The van der Waals surface area contributed by atoms with Gasteiger partial charge in [0.2, 0.25) is 0 Å². The third kappa shape index (κ3) is 2.08. The third-order valence-electron chi connectivity index (χ3n) is 4.19. The fourth-order valence-electron chi connectivity index (χ4n) is 2.88. The molecule has 0 radical (unpaired) electrons. The zero-order valence-electron chi connectivity index (χ0n) is 10.9. The maximum absolute atomic E-state index is 9.25. The minimum atomic E-state index is 0.538. The lowest BCUT2D eigenvalue weighted by molar-refractivity contribution is 0.667. The minimum Gasteiger partial charge on any atom is -0.366 e. The van der Waals surface area contributed by atoms with E-state index in [4.69, 9.17) is 4.98 Å². The summed E-state index contributed by atoms with van der Waals surface area (Å²) >= 11 is 0. The van der Waals surface area contributed by atoms with Gasteiger partial charge in [-0.1, -0.05) is 13.3 Å². The number of hydrogen-bond acceptors (Lipinski definition) is 3. The van der Waals surface area contributed by atoms with Crippen LogP contribution in [0.25, 0.3) is 0 Å². The molecular weight excluding hydrogens is 222 g/mol. The lowest BCUT2D eigenvalue weighted by atomic mass is 9.95. The van der Waals surface area contributed by atoms with E-state index in [9.17, 15) is 5.26 Å². The highest BCUT2D eigenvalue weighted by Crippen LogP contribution is 2.36. The van der Waals surface area contributed by atoms with Crippen molar-refractivity contribution >= 4 is 5.82 Å². The van der Waals surface area contributed by atoms with E-state index in [-0.39, 0.29) is 0 Å². The first-order valence-corrected chi connectivity index (χ1v) is 7.01. The minimum absolute atomic E-state index is 0.538. The van der Waals surface area contributed by atoms with Crippen LogP contribution in [0, 0.1) is 17.2 Å². The number of nitrogens with one attached hydrogen (secondary N) is 1. The molecule has 0 saturated heterocycles. The first-order valence-electron chi connectivity index (χ1n) is 7.01. The summed E-state index contributed by atoms with van der Waals surface area (Å²) in [7, 11) is 0. The highest BCUT2D eigenvalue weighted by atomic mass is 15.1. The molecule has 3 nitrogen and oxygen atoms in total. The van der Waals surface area contributed by atoms with Crippen LogP contribution in [0.5, 0.6) is 0 Å². The van der Waals surface area contributed by atoms with Crippen LogP contribution in [0.1, 0.15) is 49.4 Å². The molecule has 0 amide bonds. The van der Waals surface area contributed by atoms with Gasteiger partial charge in [0.1, 0.15) is 11.9 Å². The Bertz CT molecular complexity index is 501. The van der Waals surface area contributed by atoms with Crippen molar-refractivity contribution in [2.45, 2.75) is 51.5 Å². The van der Waals surface area contributed by atoms with Gasteiger partial charge in [0, 0.05) is 11.7 Å². The lowest BCUT2D eigenvalue weighted by Crippen LogP contribution is -2.12. The van der Waals surface area contributed by atoms with Crippen LogP contribution in [0.4, 0.5) is 5.82 Å². The standard InChI is InChI=1S/C15H19N3/c1-2-10-8-14(10)18-15-12(9-16)7-11-5-3-4-6-13(11)17-15/h7,10,14H,2-6,8H2,1H3,(H,17,18). The molecule has 1 saturated carbocycles. The number of hydrogen-bond donors (Lipinski definition) is 1. The second-order valence-electron chi connectivity index (χ2n) is 5.46. The Hall–Kier alpha value is -1.56. The molecule has 2 atom stereocenters. The van der Waals surface area contributed by atoms with E-state index in [1.54, 1.807) is 0 Å². The highest BCUT2D eigenvalue weighted by molar-refractivity contribution is 5.55. The fourth-order valence-corrected chi connectivity index (χ4v) is 2.88. The molecule has 1 aromatic heterocycles. The van der Waals surface area contributed by atoms with Gasteiger partial charge in [-0.25, -0.2) is 4.98 Å². The second kappa shape index (κ2) is 4.61. The van der Waals surface area contributed by atoms with Crippen LogP contribution in [0.3, 0.4) is 0 Å². The van der Waals surface area contributed by atoms with E-state index in [0.29, 0.717) is 6.04 Å². The molecule has 2 unspecified atom stereocenters. The number of rotatable bonds is 3. The van der Waals surface area contributed by atoms with Gasteiger partial charge >= 0.3 is 0 Å². The van der Waals surface area contributed by atoms with Crippen LogP contribution in [-0.4, -0.2) is 11.0 Å². The van der Waals surface area contributed by atoms with Crippen molar-refractivity contribution in [1.29, 1.82) is 5.26 Å². The monoisotopic (exact) mass is 241 g/mol. The number of aromatic nitrogens is 1. The van der Waals surface area contributed by atoms with E-state index in [2.05, 4.69) is 18.3 Å². The van der Waals surface area contributed by atoms with E-state index in [0.717, 1.165) is 30.1 Å². The van der Waals surface area contributed by atoms with Gasteiger partial charge in [-0.3, -0.25) is 0 Å². The quantitative estimate of drug-likeness (QED) is 0.884. The predicted octanol–water partition coefficient (Wildman–Crippen LogP) is 3.04. The first-order chi connectivity index (χ1) is 8.81. The van der Waals surface area contributed by atoms with Crippen LogP contribution in [-0.2, 0) is 12.8 Å². The van der Waals surface area contributed by atoms with Crippen molar-refractivity contribution < 1.29 is 0 Å². The van der Waals surface area contributed by atoms with Gasteiger partial charge < -0.3 is 5.32 Å². The van der Waals surface area contributed by atoms with Gasteiger partial charge in [0.05, 0.1) is 5.56 Å². The number of anilines is 1. The van der Waals surface area contributed by atoms with E-state index in [1.807, 2.05) is 6.07 Å². The summed E-state index contributed by atoms with van der Waals surface area (Å²) in [6, 6.07) is 4.87. The Labute approximate surface area is 108 Å². The molecular formula is C15H19N3. The SMILES string of the molecule is CCC1CC1Nc1nc2c(cc1C#N)CCCC2. The van der Waals surface area contributed by atoms with Crippen LogP contribution in [0.2, 0.25) is 0 Å². The van der Waals surface area contributed by atoms with Crippen LogP contribution >= 0.6 is 0 Å². The van der Waals surface area contributed by atoms with Crippen LogP contribution < -0.4 is 5.32 Å². The molecule has 1 N–H and O–H groups in total. The Morgan fingerprint density at radius 2 is 2.28 bits per heavy atom. The van der Waals surface area contributed by atoms with Gasteiger partial charge in [-0.15, -0.1) is 0 Å². The summed E-state index contributed by atoms with van der Waals surface area (Å²) in [6.07, 6.45) is 7.04. The molecule has 1 fully saturated rings. The van der Waals surface area contributed by atoms with Crippen molar-refractivity contribution in [2.24, 2.45) is 5.92 Å². The van der Waals surface area contributed by atoms with Crippen molar-refractivity contribution in [2.75, 3.05) is 5.32 Å². The molecule has 2 aliphatic rings. The number of nitriles is 1. The number of pyridine rings is 1. The van der Waals surface area contributed by atoms with Gasteiger partial charge in [0.25, 0.3) is 0 Å². The molecule has 0 aromatic carbocycles. The summed E-state index contributed by atoms with van der Waals surface area (Å²) in [4.78, 5) is 4.70. The molecule has 0 spiro atoms. The normalized spacial score (nSPS) is 25.1. The lowest BCUT2D eigenvalue weighted by Gasteiger charge is -2.17. The second-order valence-corrected chi connectivity index (χ2v) is 5.46. The molecule has 2 aliphatic carbocycles. The average molecular weight is 241 g/mol. The molecule has 3 rings (SSSR count). The van der Waals surface area contributed by atoms with E-state index >= 15 is 0 Å². The molecule has 1 aromatic rings. The van der Waals surface area contributed by atoms with Gasteiger partial charge in [-0.2, -0.15) is 5.26 Å². The molecule has 94 valence electrons. The maximum atomic E-state index is 9.25. The van der Waals surface area contributed by atoms with Gasteiger partial charge in [-0.05, 0) is 49.7 Å². The Balaban J connectivity index is 1.86. The summed E-state index contributed by atoms with van der Waals surface area (Å²) in [5.74, 6) is 1.59. The van der Waals surface area contributed by atoms with Crippen molar-refractivity contribution in [3.63, 3.8) is 0 Å². The van der Waals surface area contributed by atoms with Crippen molar-refractivity contribution in [3.05, 3.63) is 22.9 Å². The molecule has 3 heteroatoms. The number of nitrogens with zero attached hydrogens (tertiary/aromatic N) is 2. The Morgan fingerprint density at radius 1 is 1.44 bits per heavy atom. The summed E-state index contributed by atoms with van der Waals surface area (Å²) in [5.41, 5.74) is 3.21. The zero-order valence-corrected chi connectivity index (χ0v) is 10.9. The summed E-state index contributed by atoms with van der Waals surface area (Å²) < 4.78 is 0. The zero-order chi connectivity index (χ0) is 12.5. The Morgan fingerprint density at radius 3 is 3.00 bits per heavy atom. The first kappa shape index (κ1) is 11.5. The van der Waals surface area contributed by atoms with Crippen LogP contribution in [0.15, 0.2) is 6.07 Å². The Kier molecular flexibility index (Phi) is 2.95. The fraction of sp³-hybridized carbons (Fsp3) is 0.600. The predicted molar refractivity (Wildman–Crippen MR) is 71.4 cm³/mol. The molecule has 1 heterocycles. The van der Waals surface area contributed by atoms with E-state index in [1.165, 1.54) is 36.9 Å². The highest BCUT2D eigenvalue weighted by Gasteiger charge is 2.36. The average Bonchev–Trinajstić information content (AvgIpc) is 3.16. The largest absolute Gasteiger partial charge is 0.366 e. The topological polar surface area (TPSA) is 48.7 Å². The number of aryl methyl sites for hydroxylation is 2. The maximum Gasteiger partial charge on any atom is 0.144 e.